The summed E-state index contributed by atoms with van der Waals surface area (Å²) in [6, 6.07) is 1.95. The van der Waals surface area contributed by atoms with E-state index in [-0.39, 0.29) is 28.1 Å². The molecular formula is C12H11BrFNO5. The van der Waals surface area contributed by atoms with Gasteiger partial charge in [-0.2, -0.15) is 0 Å². The van der Waals surface area contributed by atoms with Gasteiger partial charge in [0.05, 0.1) is 9.40 Å². The van der Waals surface area contributed by atoms with Gasteiger partial charge in [-0.15, -0.1) is 0 Å². The van der Waals surface area contributed by atoms with Crippen LogP contribution < -0.4 is 4.74 Å². The Balaban J connectivity index is 2.23. The second-order valence-electron chi connectivity index (χ2n) is 4.19. The maximum Gasteiger partial charge on any atom is 0.312 e. The van der Waals surface area contributed by atoms with E-state index < -0.39 is 22.9 Å². The molecule has 0 bridgehead atoms. The Hall–Kier alpha value is -1.54. The number of nitro groups is 1. The molecule has 1 fully saturated rings. The van der Waals surface area contributed by atoms with E-state index in [1.807, 2.05) is 0 Å². The number of ether oxygens (including phenoxy) is 2. The molecule has 2 unspecified atom stereocenters. The summed E-state index contributed by atoms with van der Waals surface area (Å²) in [5, 5.41) is 10.9. The molecule has 2 rings (SSSR count). The van der Waals surface area contributed by atoms with Crippen LogP contribution in [0.15, 0.2) is 16.6 Å². The molecule has 0 radical (unpaired) electrons. The molecule has 1 aromatic rings. The number of nitro benzene ring substituents is 1. The Bertz CT molecular complexity index is 565. The van der Waals surface area contributed by atoms with Gasteiger partial charge in [-0.05, 0) is 22.9 Å². The van der Waals surface area contributed by atoms with E-state index >= 15 is 0 Å². The van der Waals surface area contributed by atoms with Crippen molar-refractivity contribution in [2.24, 2.45) is 0 Å². The summed E-state index contributed by atoms with van der Waals surface area (Å²) in [7, 11) is 0. The number of hydrogen-bond donors (Lipinski definition) is 0. The SMILES string of the molecule is CCOC1C(=O)CC1Oc1cc(F)c(Br)cc1[N+](=O)[O-]. The summed E-state index contributed by atoms with van der Waals surface area (Å²) in [5.74, 6) is -1.01. The summed E-state index contributed by atoms with van der Waals surface area (Å²) >= 11 is 2.88. The lowest BCUT2D eigenvalue weighted by molar-refractivity contribution is -0.386. The summed E-state index contributed by atoms with van der Waals surface area (Å²) in [6.45, 7) is 2.05. The van der Waals surface area contributed by atoms with E-state index in [9.17, 15) is 19.3 Å². The first-order valence-corrected chi connectivity index (χ1v) is 6.67. The van der Waals surface area contributed by atoms with Crippen molar-refractivity contribution in [1.82, 2.24) is 0 Å². The average molecular weight is 348 g/mol. The standard InChI is InChI=1S/C12H11BrFNO5/c1-2-19-12-9(16)5-11(12)20-10-4-7(14)6(13)3-8(10)15(17)18/h3-4,11-12H,2,5H2,1H3. The predicted octanol–water partition coefficient (Wildman–Crippen LogP) is 2.62. The van der Waals surface area contributed by atoms with E-state index in [2.05, 4.69) is 15.9 Å². The highest BCUT2D eigenvalue weighted by Crippen LogP contribution is 2.35. The van der Waals surface area contributed by atoms with Gasteiger partial charge >= 0.3 is 5.69 Å². The van der Waals surface area contributed by atoms with Crippen LogP contribution in [0.4, 0.5) is 10.1 Å². The van der Waals surface area contributed by atoms with Crippen LogP contribution >= 0.6 is 15.9 Å². The Kier molecular flexibility index (Phi) is 4.34. The smallest absolute Gasteiger partial charge is 0.312 e. The van der Waals surface area contributed by atoms with Crippen molar-refractivity contribution in [3.8, 4) is 5.75 Å². The number of Topliss-reactive ketones (excluding diaryl/α,β-unsaturated/α-hetero) is 1. The molecule has 0 aromatic heterocycles. The highest BCUT2D eigenvalue weighted by molar-refractivity contribution is 9.10. The van der Waals surface area contributed by atoms with E-state index in [1.165, 1.54) is 0 Å². The lowest BCUT2D eigenvalue weighted by Crippen LogP contribution is -2.52. The maximum absolute atomic E-state index is 13.5. The molecule has 2 atom stereocenters. The minimum absolute atomic E-state index is 0.0254. The average Bonchev–Trinajstić information content (AvgIpc) is 2.39. The number of benzene rings is 1. The molecule has 6 nitrogen and oxygen atoms in total. The number of carbonyl (C=O) groups excluding carboxylic acids is 1. The lowest BCUT2D eigenvalue weighted by atomic mass is 9.90. The third-order valence-corrected chi connectivity index (χ3v) is 3.49. The quantitative estimate of drug-likeness (QED) is 0.604. The normalized spacial score (nSPS) is 21.4. The molecule has 1 aliphatic rings. The third kappa shape index (κ3) is 2.80. The van der Waals surface area contributed by atoms with Gasteiger partial charge in [0.25, 0.3) is 0 Å². The molecule has 1 saturated carbocycles. The van der Waals surface area contributed by atoms with E-state index in [0.29, 0.717) is 6.61 Å². The lowest BCUT2D eigenvalue weighted by Gasteiger charge is -2.34. The monoisotopic (exact) mass is 347 g/mol. The first-order valence-electron chi connectivity index (χ1n) is 5.88. The molecule has 1 aromatic carbocycles. The Labute approximate surface area is 122 Å². The van der Waals surface area contributed by atoms with Crippen molar-refractivity contribution in [3.63, 3.8) is 0 Å². The highest BCUT2D eigenvalue weighted by Gasteiger charge is 2.43. The Morgan fingerprint density at radius 1 is 1.55 bits per heavy atom. The minimum atomic E-state index is -0.744. The number of nitrogens with zero attached hydrogens (tertiary/aromatic N) is 1. The molecule has 108 valence electrons. The fourth-order valence-corrected chi connectivity index (χ4v) is 2.20. The predicted molar refractivity (Wildman–Crippen MR) is 70.2 cm³/mol. The van der Waals surface area contributed by atoms with E-state index in [4.69, 9.17) is 9.47 Å². The molecule has 0 amide bonds. The highest BCUT2D eigenvalue weighted by atomic mass is 79.9. The van der Waals surface area contributed by atoms with Crippen LogP contribution in [0.3, 0.4) is 0 Å². The topological polar surface area (TPSA) is 78.7 Å². The number of halogens is 2. The number of carbonyl (C=O) groups is 1. The largest absolute Gasteiger partial charge is 0.480 e. The fourth-order valence-electron chi connectivity index (χ4n) is 1.87. The van der Waals surface area contributed by atoms with Crippen LogP contribution in [-0.4, -0.2) is 29.5 Å². The van der Waals surface area contributed by atoms with Crippen molar-refractivity contribution < 1.29 is 23.6 Å². The van der Waals surface area contributed by atoms with Crippen LogP contribution in [0.1, 0.15) is 13.3 Å². The van der Waals surface area contributed by atoms with Crippen LogP contribution in [0, 0.1) is 15.9 Å². The van der Waals surface area contributed by atoms with Crippen molar-refractivity contribution in [3.05, 3.63) is 32.5 Å². The Morgan fingerprint density at radius 2 is 2.25 bits per heavy atom. The van der Waals surface area contributed by atoms with Gasteiger partial charge in [-0.3, -0.25) is 14.9 Å². The molecule has 20 heavy (non-hydrogen) atoms. The number of ketones is 1. The van der Waals surface area contributed by atoms with Crippen LogP contribution in [-0.2, 0) is 9.53 Å². The van der Waals surface area contributed by atoms with Gasteiger partial charge in [-0.1, -0.05) is 0 Å². The van der Waals surface area contributed by atoms with Crippen LogP contribution in [0.5, 0.6) is 5.75 Å². The fraction of sp³-hybridized carbons (Fsp3) is 0.417. The second-order valence-corrected chi connectivity index (χ2v) is 5.05. The number of hydrogen-bond acceptors (Lipinski definition) is 5. The molecular weight excluding hydrogens is 337 g/mol. The van der Waals surface area contributed by atoms with Gasteiger partial charge < -0.3 is 9.47 Å². The van der Waals surface area contributed by atoms with Crippen LogP contribution in [0.25, 0.3) is 0 Å². The van der Waals surface area contributed by atoms with E-state index in [1.54, 1.807) is 6.92 Å². The van der Waals surface area contributed by atoms with Crippen molar-refractivity contribution in [1.29, 1.82) is 0 Å². The van der Waals surface area contributed by atoms with Crippen LogP contribution in [0.2, 0.25) is 0 Å². The van der Waals surface area contributed by atoms with Gasteiger partial charge in [0.15, 0.2) is 11.9 Å². The molecule has 8 heteroatoms. The van der Waals surface area contributed by atoms with Crippen molar-refractivity contribution in [2.45, 2.75) is 25.6 Å². The molecule has 1 aliphatic carbocycles. The van der Waals surface area contributed by atoms with Gasteiger partial charge in [0.2, 0.25) is 5.75 Å². The molecule has 0 heterocycles. The minimum Gasteiger partial charge on any atom is -0.480 e. The Morgan fingerprint density at radius 3 is 2.80 bits per heavy atom. The zero-order valence-electron chi connectivity index (χ0n) is 10.5. The van der Waals surface area contributed by atoms with Gasteiger partial charge in [0.1, 0.15) is 11.9 Å². The molecule has 0 aliphatic heterocycles. The summed E-state index contributed by atoms with van der Waals surface area (Å²) < 4.78 is 24.0. The maximum atomic E-state index is 13.5. The van der Waals surface area contributed by atoms with Crippen molar-refractivity contribution in [2.75, 3.05) is 6.61 Å². The first-order chi connectivity index (χ1) is 9.43. The first kappa shape index (κ1) is 14.9. The zero-order chi connectivity index (χ0) is 14.9. The molecule has 0 spiro atoms. The van der Waals surface area contributed by atoms with E-state index in [0.717, 1.165) is 12.1 Å². The summed E-state index contributed by atoms with van der Waals surface area (Å²) in [5.41, 5.74) is -0.368. The van der Waals surface area contributed by atoms with Gasteiger partial charge in [-0.25, -0.2) is 4.39 Å². The zero-order valence-corrected chi connectivity index (χ0v) is 12.1. The molecule has 0 saturated heterocycles. The second kappa shape index (κ2) is 5.84. The third-order valence-electron chi connectivity index (χ3n) is 2.88. The summed E-state index contributed by atoms with van der Waals surface area (Å²) in [4.78, 5) is 21.6. The van der Waals surface area contributed by atoms with Crippen molar-refractivity contribution >= 4 is 27.4 Å². The number of rotatable bonds is 5. The van der Waals surface area contributed by atoms with Gasteiger partial charge in [0, 0.05) is 25.2 Å². The molecule has 0 N–H and O–H groups in total. The summed E-state index contributed by atoms with van der Waals surface area (Å²) in [6.07, 6.45) is -1.27.